The third-order valence-corrected chi connectivity index (χ3v) is 1.44. The highest BCUT2D eigenvalue weighted by molar-refractivity contribution is 5.88. The third-order valence-electron chi connectivity index (χ3n) is 1.44. The molecule has 1 aromatic carbocycles. The molecule has 0 spiro atoms. The molecule has 1 rings (SSSR count). The van der Waals surface area contributed by atoms with Crippen LogP contribution in [0.4, 0.5) is 5.69 Å². The van der Waals surface area contributed by atoms with E-state index in [0.29, 0.717) is 6.61 Å². The molecule has 0 unspecified atom stereocenters. The minimum absolute atomic E-state index is 0.0779. The van der Waals surface area contributed by atoms with Gasteiger partial charge in [-0.1, -0.05) is 0 Å². The number of carbonyl (C=O) groups excluding carboxylic acids is 1. The second-order valence-electron chi connectivity index (χ2n) is 2.55. The molecule has 0 aliphatic heterocycles. The quantitative estimate of drug-likeness (QED) is 0.767. The molecule has 69 valence electrons. The standard InChI is InChI=1S/C10H12NO2/c1-3-13-10-6-4-9(5-7-10)11-8(2)12/h4-7H,1,3H2,2H3,(H,11,12). The second-order valence-corrected chi connectivity index (χ2v) is 2.55. The Morgan fingerprint density at radius 1 is 1.46 bits per heavy atom. The van der Waals surface area contributed by atoms with Crippen LogP contribution in [-0.2, 0) is 4.79 Å². The van der Waals surface area contributed by atoms with Gasteiger partial charge in [0.25, 0.3) is 0 Å². The Kier molecular flexibility index (Phi) is 3.31. The van der Waals surface area contributed by atoms with Crippen LogP contribution in [0.2, 0.25) is 0 Å². The molecule has 1 N–H and O–H groups in total. The summed E-state index contributed by atoms with van der Waals surface area (Å²) >= 11 is 0. The van der Waals surface area contributed by atoms with Gasteiger partial charge in [0.05, 0.1) is 6.61 Å². The van der Waals surface area contributed by atoms with Crippen molar-refractivity contribution in [3.63, 3.8) is 0 Å². The van der Waals surface area contributed by atoms with Crippen molar-refractivity contribution in [2.75, 3.05) is 11.9 Å². The highest BCUT2D eigenvalue weighted by atomic mass is 16.5. The predicted molar refractivity (Wildman–Crippen MR) is 51.6 cm³/mol. The summed E-state index contributed by atoms with van der Waals surface area (Å²) in [5.41, 5.74) is 0.768. The number of carbonyl (C=O) groups is 1. The van der Waals surface area contributed by atoms with Crippen LogP contribution in [0.1, 0.15) is 6.92 Å². The molecule has 3 nitrogen and oxygen atoms in total. The number of nitrogens with one attached hydrogen (secondary N) is 1. The number of benzene rings is 1. The first-order valence-electron chi connectivity index (χ1n) is 4.02. The van der Waals surface area contributed by atoms with E-state index in [2.05, 4.69) is 12.2 Å². The molecule has 0 aliphatic rings. The fourth-order valence-electron chi connectivity index (χ4n) is 0.956. The molecule has 0 saturated carbocycles. The average Bonchev–Trinajstić information content (AvgIpc) is 2.08. The number of anilines is 1. The summed E-state index contributed by atoms with van der Waals surface area (Å²) in [4.78, 5) is 10.7. The first-order valence-corrected chi connectivity index (χ1v) is 4.02. The van der Waals surface area contributed by atoms with Crippen LogP contribution in [0.15, 0.2) is 24.3 Å². The molecule has 3 heteroatoms. The van der Waals surface area contributed by atoms with E-state index in [4.69, 9.17) is 4.74 Å². The van der Waals surface area contributed by atoms with Gasteiger partial charge in [0.15, 0.2) is 0 Å². The van der Waals surface area contributed by atoms with E-state index in [1.54, 1.807) is 24.3 Å². The van der Waals surface area contributed by atoms with Crippen LogP contribution in [0, 0.1) is 6.92 Å². The van der Waals surface area contributed by atoms with Gasteiger partial charge in [0, 0.05) is 12.6 Å². The van der Waals surface area contributed by atoms with Crippen LogP contribution >= 0.6 is 0 Å². The van der Waals surface area contributed by atoms with E-state index >= 15 is 0 Å². The zero-order valence-electron chi connectivity index (χ0n) is 7.54. The molecule has 1 amide bonds. The lowest BCUT2D eigenvalue weighted by Crippen LogP contribution is -2.05. The highest BCUT2D eigenvalue weighted by Crippen LogP contribution is 2.15. The molecule has 0 bridgehead atoms. The molecule has 0 heterocycles. The molecular formula is C10H12NO2. The van der Waals surface area contributed by atoms with Crippen molar-refractivity contribution < 1.29 is 9.53 Å². The van der Waals surface area contributed by atoms with Gasteiger partial charge < -0.3 is 10.1 Å². The summed E-state index contributed by atoms with van der Waals surface area (Å²) in [6, 6.07) is 7.14. The molecule has 0 saturated heterocycles. The van der Waals surface area contributed by atoms with Crippen molar-refractivity contribution in [3.05, 3.63) is 31.2 Å². The summed E-state index contributed by atoms with van der Waals surface area (Å²) in [5.74, 6) is 0.676. The van der Waals surface area contributed by atoms with Gasteiger partial charge >= 0.3 is 0 Å². The molecule has 13 heavy (non-hydrogen) atoms. The highest BCUT2D eigenvalue weighted by Gasteiger charge is 1.95. The van der Waals surface area contributed by atoms with Crippen molar-refractivity contribution in [3.8, 4) is 5.75 Å². The van der Waals surface area contributed by atoms with Crippen molar-refractivity contribution in [2.45, 2.75) is 6.92 Å². The van der Waals surface area contributed by atoms with E-state index < -0.39 is 0 Å². The lowest BCUT2D eigenvalue weighted by molar-refractivity contribution is -0.114. The SMILES string of the molecule is [CH2]COc1ccc(NC(C)=O)cc1. The summed E-state index contributed by atoms with van der Waals surface area (Å²) in [7, 11) is 0. The minimum atomic E-state index is -0.0779. The van der Waals surface area contributed by atoms with E-state index in [1.165, 1.54) is 6.92 Å². The Morgan fingerprint density at radius 2 is 2.08 bits per heavy atom. The largest absolute Gasteiger partial charge is 0.494 e. The number of hydrogen-bond acceptors (Lipinski definition) is 2. The van der Waals surface area contributed by atoms with Gasteiger partial charge in [-0.25, -0.2) is 0 Å². The van der Waals surface area contributed by atoms with Gasteiger partial charge in [-0.3, -0.25) is 4.79 Å². The number of ether oxygens (including phenoxy) is 1. The predicted octanol–water partition coefficient (Wildman–Crippen LogP) is 1.86. The number of rotatable bonds is 3. The van der Waals surface area contributed by atoms with Gasteiger partial charge in [-0.15, -0.1) is 0 Å². The van der Waals surface area contributed by atoms with Gasteiger partial charge in [0.1, 0.15) is 5.75 Å². The molecule has 1 radical (unpaired) electrons. The van der Waals surface area contributed by atoms with E-state index in [0.717, 1.165) is 11.4 Å². The minimum Gasteiger partial charge on any atom is -0.494 e. The molecule has 0 fully saturated rings. The van der Waals surface area contributed by atoms with E-state index in [1.807, 2.05) is 0 Å². The fourth-order valence-corrected chi connectivity index (χ4v) is 0.956. The Bertz CT molecular complexity index is 279. The van der Waals surface area contributed by atoms with Crippen molar-refractivity contribution in [1.82, 2.24) is 0 Å². The van der Waals surface area contributed by atoms with Crippen molar-refractivity contribution in [2.24, 2.45) is 0 Å². The first kappa shape index (κ1) is 9.58. The zero-order chi connectivity index (χ0) is 9.68. The Labute approximate surface area is 77.7 Å². The van der Waals surface area contributed by atoms with Crippen LogP contribution in [0.5, 0.6) is 5.75 Å². The molecular weight excluding hydrogens is 166 g/mol. The maximum atomic E-state index is 10.7. The van der Waals surface area contributed by atoms with Gasteiger partial charge in [0.2, 0.25) is 5.91 Å². The average molecular weight is 178 g/mol. The molecule has 1 aromatic rings. The van der Waals surface area contributed by atoms with E-state index in [9.17, 15) is 4.79 Å². The summed E-state index contributed by atoms with van der Waals surface area (Å²) in [6.45, 7) is 5.43. The topological polar surface area (TPSA) is 38.3 Å². The van der Waals surface area contributed by atoms with Crippen LogP contribution in [0.25, 0.3) is 0 Å². The lowest BCUT2D eigenvalue weighted by atomic mass is 10.3. The van der Waals surface area contributed by atoms with Crippen molar-refractivity contribution >= 4 is 11.6 Å². The maximum Gasteiger partial charge on any atom is 0.221 e. The Hall–Kier alpha value is -1.51. The second kappa shape index (κ2) is 4.50. The normalized spacial score (nSPS) is 9.38. The zero-order valence-corrected chi connectivity index (χ0v) is 7.54. The molecule has 0 atom stereocenters. The van der Waals surface area contributed by atoms with Gasteiger partial charge in [-0.05, 0) is 31.2 Å². The third kappa shape index (κ3) is 3.15. The molecule has 0 aromatic heterocycles. The Balaban J connectivity index is 2.64. The van der Waals surface area contributed by atoms with Crippen molar-refractivity contribution in [1.29, 1.82) is 0 Å². The van der Waals surface area contributed by atoms with Crippen LogP contribution in [-0.4, -0.2) is 12.5 Å². The summed E-state index contributed by atoms with van der Waals surface area (Å²) in [5, 5.41) is 2.66. The number of amides is 1. The monoisotopic (exact) mass is 178 g/mol. The summed E-state index contributed by atoms with van der Waals surface area (Å²) < 4.78 is 5.14. The van der Waals surface area contributed by atoms with Crippen LogP contribution in [0.3, 0.4) is 0 Å². The maximum absolute atomic E-state index is 10.7. The first-order chi connectivity index (χ1) is 6.22. The Morgan fingerprint density at radius 3 is 2.54 bits per heavy atom. The van der Waals surface area contributed by atoms with Gasteiger partial charge in [-0.2, -0.15) is 0 Å². The molecule has 0 aliphatic carbocycles. The fraction of sp³-hybridized carbons (Fsp3) is 0.200. The van der Waals surface area contributed by atoms with Crippen LogP contribution < -0.4 is 10.1 Å². The lowest BCUT2D eigenvalue weighted by Gasteiger charge is -2.04. The number of hydrogen-bond donors (Lipinski definition) is 1. The smallest absolute Gasteiger partial charge is 0.221 e. The van der Waals surface area contributed by atoms with E-state index in [-0.39, 0.29) is 5.91 Å². The summed E-state index contributed by atoms with van der Waals surface area (Å²) in [6.07, 6.45) is 0.